The van der Waals surface area contributed by atoms with Crippen LogP contribution in [-0.2, 0) is 0 Å². The Morgan fingerprint density at radius 1 is 1.33 bits per heavy atom. The minimum Gasteiger partial charge on any atom is -0.369 e. The molecule has 5 heteroatoms. The van der Waals surface area contributed by atoms with Gasteiger partial charge < -0.3 is 10.6 Å². The van der Waals surface area contributed by atoms with Gasteiger partial charge in [-0.2, -0.15) is 0 Å². The van der Waals surface area contributed by atoms with Gasteiger partial charge in [-0.25, -0.2) is 4.98 Å². The molecule has 1 rings (SSSR count). The Balaban J connectivity index is 2.53. The van der Waals surface area contributed by atoms with Crippen LogP contribution in [0.2, 0.25) is 0 Å². The van der Waals surface area contributed by atoms with Gasteiger partial charge in [0.15, 0.2) is 0 Å². The lowest BCUT2D eigenvalue weighted by atomic mass is 9.92. The Bertz CT molecular complexity index is 398. The Morgan fingerprint density at radius 3 is 2.67 bits per heavy atom. The van der Waals surface area contributed by atoms with E-state index in [1.54, 1.807) is 6.20 Å². The molecule has 0 radical (unpaired) electrons. The van der Waals surface area contributed by atoms with Gasteiger partial charge in [-0.3, -0.25) is 9.78 Å². The quantitative estimate of drug-likeness (QED) is 0.839. The van der Waals surface area contributed by atoms with Gasteiger partial charge in [0, 0.05) is 13.1 Å². The number of aromatic nitrogens is 2. The fraction of sp³-hybridized carbons (Fsp3) is 0.615. The maximum atomic E-state index is 11.8. The fourth-order valence-corrected chi connectivity index (χ4v) is 1.38. The summed E-state index contributed by atoms with van der Waals surface area (Å²) in [6.45, 7) is 9.80. The highest BCUT2D eigenvalue weighted by Crippen LogP contribution is 2.17. The molecule has 0 unspecified atom stereocenters. The van der Waals surface area contributed by atoms with Crippen LogP contribution in [-0.4, -0.2) is 29.0 Å². The summed E-state index contributed by atoms with van der Waals surface area (Å²) in [5.74, 6) is 0.451. The molecule has 0 bridgehead atoms. The van der Waals surface area contributed by atoms with Crippen LogP contribution in [0.15, 0.2) is 12.4 Å². The van der Waals surface area contributed by atoms with Gasteiger partial charge in [-0.05, 0) is 18.8 Å². The van der Waals surface area contributed by atoms with Gasteiger partial charge >= 0.3 is 0 Å². The second kappa shape index (κ2) is 6.33. The van der Waals surface area contributed by atoms with Crippen LogP contribution in [0, 0.1) is 5.41 Å². The number of nitrogens with one attached hydrogen (secondary N) is 2. The molecule has 5 nitrogen and oxygen atoms in total. The summed E-state index contributed by atoms with van der Waals surface area (Å²) in [7, 11) is 0. The van der Waals surface area contributed by atoms with Gasteiger partial charge in [0.25, 0.3) is 5.91 Å². The lowest BCUT2D eigenvalue weighted by Crippen LogP contribution is -2.28. The van der Waals surface area contributed by atoms with Gasteiger partial charge in [0.05, 0.1) is 12.4 Å². The molecule has 1 amide bonds. The number of carbonyl (C=O) groups is 1. The largest absolute Gasteiger partial charge is 0.369 e. The van der Waals surface area contributed by atoms with E-state index in [1.165, 1.54) is 6.20 Å². The van der Waals surface area contributed by atoms with Gasteiger partial charge in [0.1, 0.15) is 11.5 Å². The summed E-state index contributed by atoms with van der Waals surface area (Å²) in [5.41, 5.74) is 0.562. The lowest BCUT2D eigenvalue weighted by molar-refractivity contribution is 0.0944. The summed E-state index contributed by atoms with van der Waals surface area (Å²) in [6.07, 6.45) is 4.02. The normalized spacial score (nSPS) is 11.1. The molecule has 0 saturated heterocycles. The summed E-state index contributed by atoms with van der Waals surface area (Å²) >= 11 is 0. The maximum absolute atomic E-state index is 11.8. The third-order valence-electron chi connectivity index (χ3n) is 2.39. The van der Waals surface area contributed by atoms with E-state index >= 15 is 0 Å². The van der Waals surface area contributed by atoms with E-state index in [0.717, 1.165) is 13.0 Å². The third kappa shape index (κ3) is 5.12. The molecule has 18 heavy (non-hydrogen) atoms. The smallest absolute Gasteiger partial charge is 0.271 e. The van der Waals surface area contributed by atoms with Crippen molar-refractivity contribution in [3.63, 3.8) is 0 Å². The molecule has 0 fully saturated rings. The van der Waals surface area contributed by atoms with E-state index in [0.29, 0.717) is 18.1 Å². The van der Waals surface area contributed by atoms with Gasteiger partial charge in [-0.1, -0.05) is 20.8 Å². The zero-order valence-electron chi connectivity index (χ0n) is 11.6. The Kier molecular flexibility index (Phi) is 5.07. The summed E-state index contributed by atoms with van der Waals surface area (Å²) in [6, 6.07) is 0. The average Bonchev–Trinajstić information content (AvgIpc) is 2.28. The van der Waals surface area contributed by atoms with Gasteiger partial charge in [-0.15, -0.1) is 0 Å². The van der Waals surface area contributed by atoms with Crippen LogP contribution in [0.4, 0.5) is 5.82 Å². The third-order valence-corrected chi connectivity index (χ3v) is 2.39. The minimum atomic E-state index is -0.175. The lowest BCUT2D eigenvalue weighted by Gasteiger charge is -2.17. The fourth-order valence-electron chi connectivity index (χ4n) is 1.38. The Labute approximate surface area is 108 Å². The number of amides is 1. The highest BCUT2D eigenvalue weighted by atomic mass is 16.1. The van der Waals surface area contributed by atoms with Crippen molar-refractivity contribution in [2.45, 2.75) is 34.1 Å². The molecule has 0 saturated carbocycles. The second-order valence-corrected chi connectivity index (χ2v) is 5.39. The van der Waals surface area contributed by atoms with Crippen molar-refractivity contribution < 1.29 is 4.79 Å². The van der Waals surface area contributed by atoms with Crippen LogP contribution in [0.3, 0.4) is 0 Å². The average molecular weight is 250 g/mol. The molecule has 1 aromatic heterocycles. The number of hydrogen-bond acceptors (Lipinski definition) is 4. The van der Waals surface area contributed by atoms with Crippen LogP contribution in [0.1, 0.15) is 44.6 Å². The van der Waals surface area contributed by atoms with Crippen LogP contribution < -0.4 is 10.6 Å². The van der Waals surface area contributed by atoms with Crippen molar-refractivity contribution >= 4 is 11.7 Å². The zero-order chi connectivity index (χ0) is 13.6. The summed E-state index contributed by atoms with van der Waals surface area (Å²) < 4.78 is 0. The molecule has 2 N–H and O–H groups in total. The van der Waals surface area contributed by atoms with Crippen molar-refractivity contribution in [1.82, 2.24) is 15.3 Å². The van der Waals surface area contributed by atoms with E-state index in [2.05, 4.69) is 41.4 Å². The first-order chi connectivity index (χ1) is 8.42. The molecule has 0 spiro atoms. The molecular weight excluding hydrogens is 228 g/mol. The number of rotatable bonds is 5. The number of anilines is 1. The first-order valence-corrected chi connectivity index (χ1v) is 6.26. The van der Waals surface area contributed by atoms with E-state index in [4.69, 9.17) is 0 Å². The predicted octanol–water partition coefficient (Wildman–Crippen LogP) is 2.07. The Morgan fingerprint density at radius 2 is 2.06 bits per heavy atom. The molecule has 100 valence electrons. The highest BCUT2D eigenvalue weighted by molar-refractivity contribution is 5.92. The van der Waals surface area contributed by atoms with E-state index in [1.807, 2.05) is 6.92 Å². The molecular formula is C13H22N4O. The molecule has 0 aromatic carbocycles. The van der Waals surface area contributed by atoms with Crippen molar-refractivity contribution in [3.05, 3.63) is 18.1 Å². The van der Waals surface area contributed by atoms with Crippen molar-refractivity contribution in [1.29, 1.82) is 0 Å². The predicted molar refractivity (Wildman–Crippen MR) is 72.6 cm³/mol. The Hall–Kier alpha value is -1.65. The first kappa shape index (κ1) is 14.4. The van der Waals surface area contributed by atoms with Crippen molar-refractivity contribution in [3.8, 4) is 0 Å². The SMILES string of the molecule is CCNc1cncc(C(=O)NCCC(C)(C)C)n1. The molecule has 0 aliphatic heterocycles. The van der Waals surface area contributed by atoms with Gasteiger partial charge in [0.2, 0.25) is 0 Å². The molecule has 0 atom stereocenters. The monoisotopic (exact) mass is 250 g/mol. The first-order valence-electron chi connectivity index (χ1n) is 6.26. The maximum Gasteiger partial charge on any atom is 0.271 e. The van der Waals surface area contributed by atoms with Crippen LogP contribution in [0.25, 0.3) is 0 Å². The molecule has 0 aliphatic carbocycles. The van der Waals surface area contributed by atoms with E-state index in [9.17, 15) is 4.79 Å². The standard InChI is InChI=1S/C13H22N4O/c1-5-15-11-9-14-8-10(17-11)12(18)16-7-6-13(2,3)4/h8-9H,5-7H2,1-4H3,(H,15,17)(H,16,18). The molecule has 0 aliphatic rings. The number of nitrogens with zero attached hydrogens (tertiary/aromatic N) is 2. The van der Waals surface area contributed by atoms with Crippen LogP contribution in [0.5, 0.6) is 0 Å². The summed E-state index contributed by atoms with van der Waals surface area (Å²) in [5, 5.41) is 5.89. The second-order valence-electron chi connectivity index (χ2n) is 5.39. The highest BCUT2D eigenvalue weighted by Gasteiger charge is 2.12. The minimum absolute atomic E-state index is 0.175. The number of hydrogen-bond donors (Lipinski definition) is 2. The van der Waals surface area contributed by atoms with E-state index in [-0.39, 0.29) is 11.3 Å². The number of carbonyl (C=O) groups excluding carboxylic acids is 1. The molecule has 1 aromatic rings. The van der Waals surface area contributed by atoms with E-state index < -0.39 is 0 Å². The topological polar surface area (TPSA) is 66.9 Å². The molecule has 1 heterocycles. The zero-order valence-corrected chi connectivity index (χ0v) is 11.6. The van der Waals surface area contributed by atoms with Crippen molar-refractivity contribution in [2.24, 2.45) is 5.41 Å². The van der Waals surface area contributed by atoms with Crippen molar-refractivity contribution in [2.75, 3.05) is 18.4 Å². The summed E-state index contributed by atoms with van der Waals surface area (Å²) in [4.78, 5) is 20.0. The van der Waals surface area contributed by atoms with Crippen LogP contribution >= 0.6 is 0 Å².